The maximum atomic E-state index is 12.6. The van der Waals surface area contributed by atoms with E-state index in [1.165, 1.54) is 12.1 Å². The third-order valence-electron chi connectivity index (χ3n) is 4.33. The zero-order valence-electron chi connectivity index (χ0n) is 14.3. The predicted octanol–water partition coefficient (Wildman–Crippen LogP) is 2.81. The molecule has 0 atom stereocenters. The number of aromatic nitrogens is 2. The normalized spacial score (nSPS) is 16.5. The maximum absolute atomic E-state index is 12.6. The van der Waals surface area contributed by atoms with E-state index in [4.69, 9.17) is 4.52 Å². The molecule has 1 saturated heterocycles. The number of hydrogen-bond acceptors (Lipinski definition) is 5. The molecular weight excluding hydrogens is 349 g/mol. The molecule has 2 aromatic rings. The van der Waals surface area contributed by atoms with Gasteiger partial charge in [-0.05, 0) is 18.6 Å². The Bertz CT molecular complexity index is 758. The highest BCUT2D eigenvalue weighted by Gasteiger charge is 2.30. The Kier molecular flexibility index (Phi) is 5.26. The van der Waals surface area contributed by atoms with Gasteiger partial charge in [-0.3, -0.25) is 9.69 Å². The van der Waals surface area contributed by atoms with E-state index in [1.54, 1.807) is 11.8 Å². The highest BCUT2D eigenvalue weighted by atomic mass is 19.4. The minimum absolute atomic E-state index is 0.0641. The van der Waals surface area contributed by atoms with Crippen molar-refractivity contribution in [3.63, 3.8) is 0 Å². The minimum atomic E-state index is -4.37. The Morgan fingerprint density at radius 2 is 1.88 bits per heavy atom. The highest BCUT2D eigenvalue weighted by Crippen LogP contribution is 2.30. The monoisotopic (exact) mass is 368 g/mol. The number of alkyl halides is 3. The van der Waals surface area contributed by atoms with Gasteiger partial charge in [-0.25, -0.2) is 0 Å². The van der Waals surface area contributed by atoms with Gasteiger partial charge < -0.3 is 9.42 Å². The van der Waals surface area contributed by atoms with Crippen molar-refractivity contribution in [2.45, 2.75) is 26.1 Å². The molecule has 1 aliphatic rings. The van der Waals surface area contributed by atoms with Crippen LogP contribution in [0, 0.1) is 0 Å². The van der Waals surface area contributed by atoms with E-state index in [2.05, 4.69) is 15.0 Å². The Morgan fingerprint density at radius 3 is 2.54 bits per heavy atom. The van der Waals surface area contributed by atoms with Crippen LogP contribution in [0.4, 0.5) is 13.2 Å². The van der Waals surface area contributed by atoms with Gasteiger partial charge in [-0.1, -0.05) is 17.3 Å². The summed E-state index contributed by atoms with van der Waals surface area (Å²) in [4.78, 5) is 19.7. The van der Waals surface area contributed by atoms with Crippen LogP contribution in [0.1, 0.15) is 24.8 Å². The van der Waals surface area contributed by atoms with E-state index in [9.17, 15) is 18.0 Å². The fourth-order valence-electron chi connectivity index (χ4n) is 2.88. The summed E-state index contributed by atoms with van der Waals surface area (Å²) in [6.07, 6.45) is -3.51. The number of halogens is 3. The van der Waals surface area contributed by atoms with E-state index < -0.39 is 11.7 Å². The average Bonchev–Trinajstić information content (AvgIpc) is 2.92. The van der Waals surface area contributed by atoms with E-state index in [0.29, 0.717) is 31.1 Å². The van der Waals surface area contributed by atoms with E-state index in [1.807, 2.05) is 0 Å². The van der Waals surface area contributed by atoms with Gasteiger partial charge in [-0.2, -0.15) is 18.2 Å². The largest absolute Gasteiger partial charge is 0.416 e. The molecule has 0 spiro atoms. The lowest BCUT2D eigenvalue weighted by atomic mass is 10.1. The summed E-state index contributed by atoms with van der Waals surface area (Å²) < 4.78 is 43.1. The van der Waals surface area contributed by atoms with Crippen molar-refractivity contribution in [2.24, 2.45) is 0 Å². The van der Waals surface area contributed by atoms with Crippen LogP contribution in [0.5, 0.6) is 0 Å². The molecule has 0 saturated carbocycles. The fraction of sp³-hybridized carbons (Fsp3) is 0.471. The van der Waals surface area contributed by atoms with Crippen LogP contribution in [0.3, 0.4) is 0 Å². The Morgan fingerprint density at radius 1 is 1.15 bits per heavy atom. The van der Waals surface area contributed by atoms with Gasteiger partial charge in [0, 0.05) is 38.7 Å². The number of carbonyl (C=O) groups is 1. The summed E-state index contributed by atoms with van der Waals surface area (Å²) in [7, 11) is 0. The number of rotatable bonds is 3. The highest BCUT2D eigenvalue weighted by molar-refractivity contribution is 5.73. The van der Waals surface area contributed by atoms with Crippen molar-refractivity contribution in [3.05, 3.63) is 35.7 Å². The van der Waals surface area contributed by atoms with Crippen LogP contribution >= 0.6 is 0 Å². The fourth-order valence-corrected chi connectivity index (χ4v) is 2.88. The molecule has 26 heavy (non-hydrogen) atoms. The summed E-state index contributed by atoms with van der Waals surface area (Å²) in [5.74, 6) is 0.722. The van der Waals surface area contributed by atoms with Crippen molar-refractivity contribution in [1.29, 1.82) is 0 Å². The molecule has 6 nitrogen and oxygen atoms in total. The molecular formula is C17H19F3N4O2. The zero-order valence-corrected chi connectivity index (χ0v) is 14.3. The Balaban J connectivity index is 1.64. The maximum Gasteiger partial charge on any atom is 0.416 e. The summed E-state index contributed by atoms with van der Waals surface area (Å²) in [6.45, 7) is 4.89. The standard InChI is InChI=1S/C17H19F3N4O2/c1-12(25)24-8-2-7-23(9-10-24)11-15-21-16(22-26-15)13-3-5-14(6-4-13)17(18,19)20/h3-6H,2,7-11H2,1H3. The first-order chi connectivity index (χ1) is 12.3. The second-order valence-corrected chi connectivity index (χ2v) is 6.22. The molecule has 9 heteroatoms. The Hall–Kier alpha value is -2.42. The second kappa shape index (κ2) is 7.45. The number of nitrogens with zero attached hydrogens (tertiary/aromatic N) is 4. The molecule has 0 unspecified atom stereocenters. The molecule has 1 aliphatic heterocycles. The number of benzene rings is 1. The van der Waals surface area contributed by atoms with Crippen LogP contribution in [0.25, 0.3) is 11.4 Å². The smallest absolute Gasteiger partial charge is 0.342 e. The molecule has 0 bridgehead atoms. The van der Waals surface area contributed by atoms with Crippen molar-refractivity contribution in [1.82, 2.24) is 19.9 Å². The number of amides is 1. The third kappa shape index (κ3) is 4.40. The molecule has 0 aliphatic carbocycles. The van der Waals surface area contributed by atoms with Gasteiger partial charge in [0.15, 0.2) is 0 Å². The second-order valence-electron chi connectivity index (χ2n) is 6.22. The van der Waals surface area contributed by atoms with Gasteiger partial charge >= 0.3 is 6.18 Å². The summed E-state index contributed by atoms with van der Waals surface area (Å²) >= 11 is 0. The number of carbonyl (C=O) groups excluding carboxylic acids is 1. The zero-order chi connectivity index (χ0) is 18.7. The van der Waals surface area contributed by atoms with Gasteiger partial charge in [0.2, 0.25) is 17.6 Å². The first-order valence-corrected chi connectivity index (χ1v) is 8.31. The van der Waals surface area contributed by atoms with Crippen molar-refractivity contribution in [2.75, 3.05) is 26.2 Å². The lowest BCUT2D eigenvalue weighted by Gasteiger charge is -2.19. The number of hydrogen-bond donors (Lipinski definition) is 0. The summed E-state index contributed by atoms with van der Waals surface area (Å²) in [5, 5.41) is 3.85. The topological polar surface area (TPSA) is 62.5 Å². The van der Waals surface area contributed by atoms with Gasteiger partial charge in [0.25, 0.3) is 0 Å². The van der Waals surface area contributed by atoms with Crippen molar-refractivity contribution < 1.29 is 22.5 Å². The van der Waals surface area contributed by atoms with Gasteiger partial charge in [0.05, 0.1) is 12.1 Å². The average molecular weight is 368 g/mol. The molecule has 1 aromatic heterocycles. The van der Waals surface area contributed by atoms with E-state index >= 15 is 0 Å². The molecule has 140 valence electrons. The molecule has 0 N–H and O–H groups in total. The van der Waals surface area contributed by atoms with Gasteiger partial charge in [-0.15, -0.1) is 0 Å². The van der Waals surface area contributed by atoms with Crippen molar-refractivity contribution in [3.8, 4) is 11.4 Å². The lowest BCUT2D eigenvalue weighted by molar-refractivity contribution is -0.137. The minimum Gasteiger partial charge on any atom is -0.342 e. The van der Waals surface area contributed by atoms with Crippen LogP contribution in [-0.2, 0) is 17.5 Å². The van der Waals surface area contributed by atoms with Crippen LogP contribution in [-0.4, -0.2) is 52.0 Å². The summed E-state index contributed by atoms with van der Waals surface area (Å²) in [6, 6.07) is 4.65. The third-order valence-corrected chi connectivity index (χ3v) is 4.33. The van der Waals surface area contributed by atoms with E-state index in [-0.39, 0.29) is 11.7 Å². The van der Waals surface area contributed by atoms with E-state index in [0.717, 1.165) is 31.6 Å². The molecule has 2 heterocycles. The first kappa shape index (κ1) is 18.4. The molecule has 1 aromatic carbocycles. The SMILES string of the molecule is CC(=O)N1CCCN(Cc2nc(-c3ccc(C(F)(F)F)cc3)no2)CC1. The molecule has 1 fully saturated rings. The quantitative estimate of drug-likeness (QED) is 0.834. The van der Waals surface area contributed by atoms with Crippen LogP contribution < -0.4 is 0 Å². The predicted molar refractivity (Wildman–Crippen MR) is 86.9 cm³/mol. The van der Waals surface area contributed by atoms with Crippen LogP contribution in [0.2, 0.25) is 0 Å². The Labute approximate surface area is 148 Å². The van der Waals surface area contributed by atoms with Crippen molar-refractivity contribution >= 4 is 5.91 Å². The van der Waals surface area contributed by atoms with Gasteiger partial charge in [0.1, 0.15) is 0 Å². The first-order valence-electron chi connectivity index (χ1n) is 8.31. The van der Waals surface area contributed by atoms with Crippen LogP contribution in [0.15, 0.2) is 28.8 Å². The summed E-state index contributed by atoms with van der Waals surface area (Å²) in [5.41, 5.74) is -0.254. The molecule has 0 radical (unpaired) electrons. The molecule has 3 rings (SSSR count). The molecule has 1 amide bonds. The lowest BCUT2D eigenvalue weighted by Crippen LogP contribution is -2.33.